The molecule has 0 N–H and O–H groups in total. The molecule has 0 aromatic carbocycles. The highest BCUT2D eigenvalue weighted by atomic mass is 35.5. The average Bonchev–Trinajstić information content (AvgIpc) is 2.70. The number of aliphatic imine (C=N–C) groups is 1. The zero-order valence-electron chi connectivity index (χ0n) is 8.43. The van der Waals surface area contributed by atoms with Gasteiger partial charge in [0.1, 0.15) is 5.15 Å². The van der Waals surface area contributed by atoms with E-state index in [4.69, 9.17) is 16.9 Å². The van der Waals surface area contributed by atoms with Crippen molar-refractivity contribution in [3.63, 3.8) is 0 Å². The zero-order chi connectivity index (χ0) is 11.4. The molecule has 0 bridgehead atoms. The lowest BCUT2D eigenvalue weighted by Crippen LogP contribution is -2.23. The summed E-state index contributed by atoms with van der Waals surface area (Å²) < 4.78 is 0. The largest absolute Gasteiger partial charge is 0.345 e. The number of rotatable bonds is 2. The molecular weight excluding hydrogens is 256 g/mol. The average molecular weight is 269 g/mol. The second kappa shape index (κ2) is 6.48. The van der Waals surface area contributed by atoms with E-state index < -0.39 is 0 Å². The van der Waals surface area contributed by atoms with Gasteiger partial charge in [0.15, 0.2) is 5.17 Å². The lowest BCUT2D eigenvalue weighted by Gasteiger charge is -2.16. The molecule has 0 spiro atoms. The molecular formula is C11H13ClN4S. The SMILES string of the molecule is C.N#CN=C1SCCN1Cc1ccc(Cl)nc1. The summed E-state index contributed by atoms with van der Waals surface area (Å²) in [6.45, 7) is 1.63. The Labute approximate surface area is 110 Å². The number of hydrogen-bond donors (Lipinski definition) is 0. The summed E-state index contributed by atoms with van der Waals surface area (Å²) in [4.78, 5) is 9.87. The van der Waals surface area contributed by atoms with Crippen LogP contribution in [0.5, 0.6) is 0 Å². The van der Waals surface area contributed by atoms with E-state index >= 15 is 0 Å². The van der Waals surface area contributed by atoms with Gasteiger partial charge in [-0.25, -0.2) is 4.98 Å². The van der Waals surface area contributed by atoms with Crippen LogP contribution in [0.1, 0.15) is 13.0 Å². The Morgan fingerprint density at radius 3 is 3.06 bits per heavy atom. The van der Waals surface area contributed by atoms with Gasteiger partial charge in [-0.1, -0.05) is 36.9 Å². The molecule has 0 unspecified atom stereocenters. The van der Waals surface area contributed by atoms with Crippen LogP contribution < -0.4 is 0 Å². The molecule has 6 heteroatoms. The van der Waals surface area contributed by atoms with Crippen LogP contribution in [0.4, 0.5) is 0 Å². The van der Waals surface area contributed by atoms with E-state index in [0.717, 1.165) is 29.6 Å². The van der Waals surface area contributed by atoms with Crippen molar-refractivity contribution in [3.8, 4) is 6.19 Å². The molecule has 0 radical (unpaired) electrons. The molecule has 1 fully saturated rings. The molecule has 17 heavy (non-hydrogen) atoms. The van der Waals surface area contributed by atoms with Gasteiger partial charge < -0.3 is 4.90 Å². The van der Waals surface area contributed by atoms with Gasteiger partial charge in [-0.2, -0.15) is 5.26 Å². The van der Waals surface area contributed by atoms with Crippen LogP contribution in [0, 0.1) is 11.5 Å². The fraction of sp³-hybridized carbons (Fsp3) is 0.364. The minimum absolute atomic E-state index is 0. The fourth-order valence-electron chi connectivity index (χ4n) is 1.45. The van der Waals surface area contributed by atoms with Crippen molar-refractivity contribution in [1.82, 2.24) is 9.88 Å². The second-order valence-electron chi connectivity index (χ2n) is 3.25. The first kappa shape index (κ1) is 13.8. The third-order valence-corrected chi connectivity index (χ3v) is 3.39. The maximum Gasteiger partial charge on any atom is 0.208 e. The molecule has 2 heterocycles. The van der Waals surface area contributed by atoms with Crippen LogP contribution in [-0.4, -0.2) is 27.3 Å². The van der Waals surface area contributed by atoms with Gasteiger partial charge in [0, 0.05) is 25.0 Å². The Hall–Kier alpha value is -1.25. The third-order valence-electron chi connectivity index (χ3n) is 2.17. The van der Waals surface area contributed by atoms with Crippen molar-refractivity contribution in [2.45, 2.75) is 14.0 Å². The van der Waals surface area contributed by atoms with Gasteiger partial charge in [0.2, 0.25) is 6.19 Å². The van der Waals surface area contributed by atoms with Crippen molar-refractivity contribution in [2.24, 2.45) is 4.99 Å². The summed E-state index contributed by atoms with van der Waals surface area (Å²) in [5.41, 5.74) is 1.07. The first-order chi connectivity index (χ1) is 7.79. The van der Waals surface area contributed by atoms with Gasteiger partial charge in [-0.15, -0.1) is 4.99 Å². The van der Waals surface area contributed by atoms with Gasteiger partial charge in [0.25, 0.3) is 0 Å². The standard InChI is InChI=1S/C10H9ClN4S.CH4/c11-9-2-1-8(5-13-9)6-15-3-4-16-10(15)14-7-12;/h1-2,5H,3-4,6H2;1H4. The predicted octanol–water partition coefficient (Wildman–Crippen LogP) is 2.76. The number of pyridine rings is 1. The second-order valence-corrected chi connectivity index (χ2v) is 4.70. The molecule has 1 saturated heterocycles. The van der Waals surface area contributed by atoms with Crippen molar-refractivity contribution in [3.05, 3.63) is 29.0 Å². The smallest absolute Gasteiger partial charge is 0.208 e. The van der Waals surface area contributed by atoms with E-state index in [1.54, 1.807) is 24.0 Å². The summed E-state index contributed by atoms with van der Waals surface area (Å²) in [7, 11) is 0. The maximum absolute atomic E-state index is 8.54. The van der Waals surface area contributed by atoms with E-state index in [1.807, 2.05) is 12.3 Å². The third kappa shape index (κ3) is 3.62. The number of halogens is 1. The van der Waals surface area contributed by atoms with Gasteiger partial charge >= 0.3 is 0 Å². The summed E-state index contributed by atoms with van der Waals surface area (Å²) in [6, 6.07) is 3.70. The molecule has 2 rings (SSSR count). The first-order valence-corrected chi connectivity index (χ1v) is 6.11. The van der Waals surface area contributed by atoms with E-state index in [-0.39, 0.29) is 7.43 Å². The maximum atomic E-state index is 8.54. The van der Waals surface area contributed by atoms with E-state index in [1.165, 1.54) is 0 Å². The topological polar surface area (TPSA) is 52.3 Å². The number of hydrogen-bond acceptors (Lipinski definition) is 4. The molecule has 90 valence electrons. The predicted molar refractivity (Wildman–Crippen MR) is 71.9 cm³/mol. The lowest BCUT2D eigenvalue weighted by molar-refractivity contribution is 0.456. The van der Waals surface area contributed by atoms with E-state index in [0.29, 0.717) is 5.15 Å². The van der Waals surface area contributed by atoms with Gasteiger partial charge in [-0.05, 0) is 11.6 Å². The number of nitrogens with zero attached hydrogens (tertiary/aromatic N) is 4. The number of amidine groups is 1. The van der Waals surface area contributed by atoms with Crippen molar-refractivity contribution < 1.29 is 0 Å². The molecule has 4 nitrogen and oxygen atoms in total. The minimum Gasteiger partial charge on any atom is -0.345 e. The molecule has 1 aliphatic rings. The molecule has 1 aromatic heterocycles. The Morgan fingerprint density at radius 1 is 1.59 bits per heavy atom. The summed E-state index contributed by atoms with van der Waals surface area (Å²) in [5.74, 6) is 0.974. The lowest BCUT2D eigenvalue weighted by atomic mass is 10.3. The van der Waals surface area contributed by atoms with Crippen molar-refractivity contribution in [1.29, 1.82) is 5.26 Å². The van der Waals surface area contributed by atoms with E-state index in [9.17, 15) is 0 Å². The Morgan fingerprint density at radius 2 is 2.41 bits per heavy atom. The quantitative estimate of drug-likeness (QED) is 0.611. The van der Waals surface area contributed by atoms with Crippen LogP contribution in [0.25, 0.3) is 0 Å². The highest BCUT2D eigenvalue weighted by molar-refractivity contribution is 8.14. The molecule has 0 amide bonds. The number of thioether (sulfide) groups is 1. The Balaban J connectivity index is 0.00000144. The van der Waals surface area contributed by atoms with Crippen LogP contribution in [0.2, 0.25) is 5.15 Å². The number of aromatic nitrogens is 1. The van der Waals surface area contributed by atoms with Crippen molar-refractivity contribution >= 4 is 28.5 Å². The molecule has 1 aromatic rings. The normalized spacial score (nSPS) is 16.7. The summed E-state index contributed by atoms with van der Waals surface area (Å²) in [6.07, 6.45) is 3.57. The molecule has 0 aliphatic carbocycles. The summed E-state index contributed by atoms with van der Waals surface area (Å²) >= 11 is 7.32. The fourth-order valence-corrected chi connectivity index (χ4v) is 2.50. The minimum atomic E-state index is 0. The monoisotopic (exact) mass is 268 g/mol. The molecule has 1 aliphatic heterocycles. The Bertz CT molecular complexity index is 438. The van der Waals surface area contributed by atoms with Crippen LogP contribution >= 0.6 is 23.4 Å². The van der Waals surface area contributed by atoms with E-state index in [2.05, 4.69) is 14.9 Å². The Kier molecular flexibility index (Phi) is 5.26. The molecule has 0 atom stereocenters. The van der Waals surface area contributed by atoms with Crippen LogP contribution in [0.15, 0.2) is 23.3 Å². The molecule has 0 saturated carbocycles. The highest BCUT2D eigenvalue weighted by Crippen LogP contribution is 2.20. The van der Waals surface area contributed by atoms with Crippen LogP contribution in [0.3, 0.4) is 0 Å². The highest BCUT2D eigenvalue weighted by Gasteiger charge is 2.19. The zero-order valence-corrected chi connectivity index (χ0v) is 10.0. The van der Waals surface area contributed by atoms with Gasteiger partial charge in [0.05, 0.1) is 0 Å². The first-order valence-electron chi connectivity index (χ1n) is 4.74. The van der Waals surface area contributed by atoms with Gasteiger partial charge in [-0.3, -0.25) is 0 Å². The summed E-state index contributed by atoms with van der Waals surface area (Å²) in [5, 5.41) is 9.82. The van der Waals surface area contributed by atoms with Crippen LogP contribution in [-0.2, 0) is 6.54 Å². The number of nitriles is 1. The van der Waals surface area contributed by atoms with Crippen molar-refractivity contribution in [2.75, 3.05) is 12.3 Å².